The lowest BCUT2D eigenvalue weighted by Gasteiger charge is -2.15. The van der Waals surface area contributed by atoms with Crippen molar-refractivity contribution < 1.29 is 4.79 Å². The van der Waals surface area contributed by atoms with Crippen LogP contribution in [0.5, 0.6) is 0 Å². The van der Waals surface area contributed by atoms with Crippen molar-refractivity contribution in [2.24, 2.45) is 0 Å². The number of ketones is 1. The molecule has 2 nitrogen and oxygen atoms in total. The van der Waals surface area contributed by atoms with Crippen molar-refractivity contribution in [3.8, 4) is 0 Å². The summed E-state index contributed by atoms with van der Waals surface area (Å²) in [7, 11) is 0. The van der Waals surface area contributed by atoms with Gasteiger partial charge < -0.3 is 10.1 Å². The number of carbonyl (C=O) groups excluding carboxylic acids is 1. The molecule has 0 amide bonds. The van der Waals surface area contributed by atoms with Crippen LogP contribution in [-0.2, 0) is 4.79 Å². The summed E-state index contributed by atoms with van der Waals surface area (Å²) >= 11 is 0. The molecular formula is C12H23NO. The molecule has 0 atom stereocenters. The summed E-state index contributed by atoms with van der Waals surface area (Å²) < 4.78 is 0. The monoisotopic (exact) mass is 197 g/mol. The number of Topliss-reactive ketones (excluding diaryl/α,β-unsaturated/α-hetero) is 1. The summed E-state index contributed by atoms with van der Waals surface area (Å²) in [6.07, 6.45) is 9.98. The van der Waals surface area contributed by atoms with Crippen LogP contribution in [0.3, 0.4) is 0 Å². The van der Waals surface area contributed by atoms with Gasteiger partial charge in [0.25, 0.3) is 0 Å². The van der Waals surface area contributed by atoms with E-state index in [0.29, 0.717) is 5.78 Å². The molecule has 1 aliphatic rings. The zero-order valence-electron chi connectivity index (χ0n) is 9.35. The maximum absolute atomic E-state index is 10.7. The van der Waals surface area contributed by atoms with Crippen LogP contribution in [0.15, 0.2) is 0 Å². The molecule has 0 aliphatic heterocycles. The summed E-state index contributed by atoms with van der Waals surface area (Å²) in [6, 6.07) is 0.726. The largest absolute Gasteiger partial charge is 0.314 e. The van der Waals surface area contributed by atoms with Gasteiger partial charge in [-0.2, -0.15) is 0 Å². The fourth-order valence-electron chi connectivity index (χ4n) is 2.13. The number of rotatable bonds is 5. The molecule has 82 valence electrons. The van der Waals surface area contributed by atoms with Crippen molar-refractivity contribution in [1.82, 2.24) is 5.32 Å². The molecule has 2 heteroatoms. The van der Waals surface area contributed by atoms with Crippen LogP contribution in [-0.4, -0.2) is 18.4 Å². The van der Waals surface area contributed by atoms with Gasteiger partial charge in [-0.25, -0.2) is 0 Å². The van der Waals surface area contributed by atoms with Gasteiger partial charge in [-0.1, -0.05) is 25.7 Å². The fraction of sp³-hybridized carbons (Fsp3) is 0.917. The lowest BCUT2D eigenvalue weighted by atomic mass is 10.1. The summed E-state index contributed by atoms with van der Waals surface area (Å²) in [5, 5.41) is 3.56. The minimum Gasteiger partial charge on any atom is -0.314 e. The first-order chi connectivity index (χ1) is 6.79. The van der Waals surface area contributed by atoms with E-state index in [1.165, 1.54) is 38.5 Å². The molecule has 0 spiro atoms. The van der Waals surface area contributed by atoms with E-state index in [1.54, 1.807) is 6.92 Å². The van der Waals surface area contributed by atoms with E-state index in [9.17, 15) is 4.79 Å². The second-order valence-electron chi connectivity index (χ2n) is 4.45. The molecule has 0 aromatic rings. The van der Waals surface area contributed by atoms with Crippen LogP contribution in [0.25, 0.3) is 0 Å². The predicted octanol–water partition coefficient (Wildman–Crippen LogP) is 2.67. The maximum Gasteiger partial charge on any atom is 0.129 e. The van der Waals surface area contributed by atoms with Gasteiger partial charge >= 0.3 is 0 Å². The molecule has 0 aromatic heterocycles. The van der Waals surface area contributed by atoms with Crippen molar-refractivity contribution in [1.29, 1.82) is 0 Å². The topological polar surface area (TPSA) is 29.1 Å². The Bertz CT molecular complexity index is 160. The van der Waals surface area contributed by atoms with Gasteiger partial charge in [0, 0.05) is 12.5 Å². The Morgan fingerprint density at radius 3 is 2.43 bits per heavy atom. The van der Waals surface area contributed by atoms with Crippen LogP contribution in [0.1, 0.15) is 58.3 Å². The number of carbonyl (C=O) groups is 1. The van der Waals surface area contributed by atoms with Gasteiger partial charge in [-0.3, -0.25) is 0 Å². The highest BCUT2D eigenvalue weighted by molar-refractivity contribution is 5.75. The van der Waals surface area contributed by atoms with E-state index in [-0.39, 0.29) is 0 Å². The Balaban J connectivity index is 2.01. The second-order valence-corrected chi connectivity index (χ2v) is 4.45. The first kappa shape index (κ1) is 11.7. The third-order valence-electron chi connectivity index (χ3n) is 2.99. The van der Waals surface area contributed by atoms with Crippen LogP contribution in [0.4, 0.5) is 0 Å². The highest BCUT2D eigenvalue weighted by Crippen LogP contribution is 2.16. The molecule has 0 unspecified atom stereocenters. The van der Waals surface area contributed by atoms with Crippen molar-refractivity contribution in [3.63, 3.8) is 0 Å². The molecule has 0 bridgehead atoms. The standard InChI is InChI=1S/C12H23NO/c1-11(14)7-6-10-13-12-8-4-2-3-5-9-12/h12-13H,2-10H2,1H3. The Morgan fingerprint density at radius 2 is 1.86 bits per heavy atom. The van der Waals surface area contributed by atoms with Crippen LogP contribution < -0.4 is 5.32 Å². The van der Waals surface area contributed by atoms with E-state index in [1.807, 2.05) is 0 Å². The Morgan fingerprint density at radius 1 is 1.21 bits per heavy atom. The van der Waals surface area contributed by atoms with Gasteiger partial charge in [-0.15, -0.1) is 0 Å². The van der Waals surface area contributed by atoms with Crippen molar-refractivity contribution in [2.75, 3.05) is 6.54 Å². The molecule has 1 N–H and O–H groups in total. The van der Waals surface area contributed by atoms with E-state index < -0.39 is 0 Å². The Labute approximate surface area is 87.5 Å². The Kier molecular flexibility index (Phi) is 5.85. The molecule has 1 fully saturated rings. The summed E-state index contributed by atoms with van der Waals surface area (Å²) in [4.78, 5) is 10.7. The maximum atomic E-state index is 10.7. The third-order valence-corrected chi connectivity index (χ3v) is 2.99. The van der Waals surface area contributed by atoms with E-state index in [0.717, 1.165) is 25.4 Å². The molecule has 0 heterocycles. The van der Waals surface area contributed by atoms with E-state index >= 15 is 0 Å². The average molecular weight is 197 g/mol. The molecule has 1 saturated carbocycles. The zero-order chi connectivity index (χ0) is 10.2. The quantitative estimate of drug-likeness (QED) is 0.542. The predicted molar refractivity (Wildman–Crippen MR) is 59.4 cm³/mol. The first-order valence-corrected chi connectivity index (χ1v) is 6.02. The smallest absolute Gasteiger partial charge is 0.129 e. The highest BCUT2D eigenvalue weighted by atomic mass is 16.1. The lowest BCUT2D eigenvalue weighted by Crippen LogP contribution is -2.29. The van der Waals surface area contributed by atoms with Crippen LogP contribution >= 0.6 is 0 Å². The van der Waals surface area contributed by atoms with Gasteiger partial charge in [-0.05, 0) is 32.7 Å². The second kappa shape index (κ2) is 6.99. The Hall–Kier alpha value is -0.370. The summed E-state index contributed by atoms with van der Waals surface area (Å²) in [6.45, 7) is 2.69. The van der Waals surface area contributed by atoms with Gasteiger partial charge in [0.1, 0.15) is 5.78 Å². The summed E-state index contributed by atoms with van der Waals surface area (Å²) in [5.74, 6) is 0.313. The minimum atomic E-state index is 0.313. The molecule has 14 heavy (non-hydrogen) atoms. The van der Waals surface area contributed by atoms with Crippen LogP contribution in [0.2, 0.25) is 0 Å². The molecule has 0 radical (unpaired) electrons. The minimum absolute atomic E-state index is 0.313. The SMILES string of the molecule is CC(=O)CCCNC1CCCCCC1. The van der Waals surface area contributed by atoms with Crippen molar-refractivity contribution >= 4 is 5.78 Å². The van der Waals surface area contributed by atoms with Crippen molar-refractivity contribution in [2.45, 2.75) is 64.3 Å². The third kappa shape index (κ3) is 5.38. The molecule has 0 saturated heterocycles. The number of nitrogens with one attached hydrogen (secondary N) is 1. The average Bonchev–Trinajstić information content (AvgIpc) is 2.40. The van der Waals surface area contributed by atoms with Gasteiger partial charge in [0.15, 0.2) is 0 Å². The summed E-state index contributed by atoms with van der Waals surface area (Å²) in [5.41, 5.74) is 0. The number of hydrogen-bond acceptors (Lipinski definition) is 2. The zero-order valence-corrected chi connectivity index (χ0v) is 9.35. The molecule has 1 rings (SSSR count). The molecular weight excluding hydrogens is 174 g/mol. The molecule has 1 aliphatic carbocycles. The van der Waals surface area contributed by atoms with Crippen LogP contribution in [0, 0.1) is 0 Å². The number of hydrogen-bond donors (Lipinski definition) is 1. The highest BCUT2D eigenvalue weighted by Gasteiger charge is 2.10. The first-order valence-electron chi connectivity index (χ1n) is 6.02. The van der Waals surface area contributed by atoms with Crippen molar-refractivity contribution in [3.05, 3.63) is 0 Å². The normalized spacial score (nSPS) is 19.2. The lowest BCUT2D eigenvalue weighted by molar-refractivity contribution is -0.117. The molecule has 0 aromatic carbocycles. The van der Waals surface area contributed by atoms with Gasteiger partial charge in [0.2, 0.25) is 0 Å². The van der Waals surface area contributed by atoms with E-state index in [2.05, 4.69) is 5.32 Å². The van der Waals surface area contributed by atoms with E-state index in [4.69, 9.17) is 0 Å². The fourth-order valence-corrected chi connectivity index (χ4v) is 2.13. The van der Waals surface area contributed by atoms with Gasteiger partial charge in [0.05, 0.1) is 0 Å².